The Balaban J connectivity index is 3.98. The van der Waals surface area contributed by atoms with Gasteiger partial charge in [-0.05, 0) is 11.8 Å². The van der Waals surface area contributed by atoms with Crippen molar-refractivity contribution in [3.8, 4) is 0 Å². The second-order valence-electron chi connectivity index (χ2n) is 3.80. The second-order valence-corrected chi connectivity index (χ2v) is 5.58. The molecule has 14 heavy (non-hydrogen) atoms. The molecule has 0 amide bonds. The number of phosphoric ester groups is 1. The Morgan fingerprint density at radius 1 is 1.29 bits per heavy atom. The van der Waals surface area contributed by atoms with Crippen LogP contribution < -0.4 is 0 Å². The fourth-order valence-electron chi connectivity index (χ4n) is 0.591. The van der Waals surface area contributed by atoms with Gasteiger partial charge in [0.05, 0.1) is 13.2 Å². The fraction of sp³-hybridized carbons (Fsp3) is 0.889. The van der Waals surface area contributed by atoms with Gasteiger partial charge in [-0.15, -0.1) is 0 Å². The Kier molecular flexibility index (Phi) is 6.62. The molecule has 0 aromatic heterocycles. The summed E-state index contributed by atoms with van der Waals surface area (Å²) in [6, 6.07) is 0. The van der Waals surface area contributed by atoms with Crippen LogP contribution in [0, 0.1) is 11.8 Å². The molecule has 0 aliphatic rings. The average molecular weight is 223 g/mol. The molecule has 0 fully saturated rings. The highest BCUT2D eigenvalue weighted by atomic mass is 31.2. The Morgan fingerprint density at radius 2 is 1.86 bits per heavy atom. The summed E-state index contributed by atoms with van der Waals surface area (Å²) < 4.78 is 26.6. The minimum atomic E-state index is -3.33. The quantitative estimate of drug-likeness (QED) is 0.622. The van der Waals surface area contributed by atoms with Crippen molar-refractivity contribution >= 4 is 7.82 Å². The van der Waals surface area contributed by atoms with E-state index in [9.17, 15) is 4.57 Å². The van der Waals surface area contributed by atoms with E-state index >= 15 is 0 Å². The van der Waals surface area contributed by atoms with Crippen molar-refractivity contribution < 1.29 is 18.1 Å². The van der Waals surface area contributed by atoms with Crippen LogP contribution in [0.5, 0.6) is 0 Å². The van der Waals surface area contributed by atoms with Gasteiger partial charge < -0.3 is 0 Å². The first-order valence-electron chi connectivity index (χ1n) is 4.63. The molecule has 0 rings (SSSR count). The van der Waals surface area contributed by atoms with E-state index in [-0.39, 0.29) is 0 Å². The van der Waals surface area contributed by atoms with Gasteiger partial charge in [-0.25, -0.2) is 4.57 Å². The summed E-state index contributed by atoms with van der Waals surface area (Å²) >= 11 is 0. The maximum atomic E-state index is 11.7. The maximum absolute atomic E-state index is 11.7. The van der Waals surface area contributed by atoms with Gasteiger partial charge in [0.25, 0.3) is 0 Å². The zero-order chi connectivity index (χ0) is 11.2. The highest BCUT2D eigenvalue weighted by Gasteiger charge is 2.25. The summed E-state index contributed by atoms with van der Waals surface area (Å²) in [6.07, 6.45) is 0. The van der Waals surface area contributed by atoms with E-state index in [4.69, 9.17) is 13.6 Å². The number of rotatable bonds is 7. The van der Waals surface area contributed by atoms with Crippen molar-refractivity contribution in [1.29, 1.82) is 0 Å². The van der Waals surface area contributed by atoms with Gasteiger partial charge in [0.2, 0.25) is 0 Å². The van der Waals surface area contributed by atoms with Crippen molar-refractivity contribution in [3.63, 3.8) is 0 Å². The van der Waals surface area contributed by atoms with Crippen LogP contribution in [0.1, 0.15) is 27.7 Å². The van der Waals surface area contributed by atoms with Crippen molar-refractivity contribution in [2.24, 2.45) is 5.92 Å². The largest absolute Gasteiger partial charge is 0.474 e. The number of hydrogen-bond donors (Lipinski definition) is 0. The summed E-state index contributed by atoms with van der Waals surface area (Å²) in [5.74, 6) is 1.32. The van der Waals surface area contributed by atoms with Crippen LogP contribution in [0.2, 0.25) is 0 Å². The van der Waals surface area contributed by atoms with Gasteiger partial charge in [-0.2, -0.15) is 0 Å². The molecule has 0 aromatic carbocycles. The van der Waals surface area contributed by atoms with Crippen LogP contribution in [0.25, 0.3) is 0 Å². The maximum Gasteiger partial charge on any atom is 0.474 e. The molecule has 0 aromatic rings. The predicted octanol–water partition coefficient (Wildman–Crippen LogP) is 3.04. The third-order valence-electron chi connectivity index (χ3n) is 1.30. The molecular weight excluding hydrogens is 203 g/mol. The lowest BCUT2D eigenvalue weighted by Crippen LogP contribution is -2.06. The molecule has 0 saturated carbocycles. The van der Waals surface area contributed by atoms with E-state index in [2.05, 4.69) is 0 Å². The summed E-state index contributed by atoms with van der Waals surface area (Å²) in [6.45, 7) is 8.39. The Labute approximate surface area is 86.5 Å². The van der Waals surface area contributed by atoms with Gasteiger partial charge in [-0.1, -0.05) is 27.7 Å². The molecule has 1 radical (unpaired) electrons. The van der Waals surface area contributed by atoms with E-state index in [0.717, 1.165) is 5.92 Å². The smallest absolute Gasteiger partial charge is 0.290 e. The molecule has 0 bridgehead atoms. The van der Waals surface area contributed by atoms with Gasteiger partial charge in [-0.3, -0.25) is 13.6 Å². The monoisotopic (exact) mass is 223 g/mol. The van der Waals surface area contributed by atoms with Gasteiger partial charge in [0.1, 0.15) is 0 Å². The number of phosphoric acid groups is 1. The van der Waals surface area contributed by atoms with E-state index in [1.165, 1.54) is 7.11 Å². The van der Waals surface area contributed by atoms with Gasteiger partial charge >= 0.3 is 7.82 Å². The summed E-state index contributed by atoms with van der Waals surface area (Å²) in [7, 11) is -2.00. The van der Waals surface area contributed by atoms with Crippen LogP contribution in [0.3, 0.4) is 0 Å². The molecular formula is C9H20O4P. The van der Waals surface area contributed by atoms with E-state index in [0.29, 0.717) is 19.1 Å². The lowest BCUT2D eigenvalue weighted by Gasteiger charge is -2.17. The average Bonchev–Trinajstić information content (AvgIpc) is 2.11. The highest BCUT2D eigenvalue weighted by Crippen LogP contribution is 2.49. The molecule has 1 atom stereocenters. The first-order valence-corrected chi connectivity index (χ1v) is 6.09. The van der Waals surface area contributed by atoms with Crippen molar-refractivity contribution in [2.45, 2.75) is 27.7 Å². The topological polar surface area (TPSA) is 44.8 Å². The third-order valence-corrected chi connectivity index (χ3v) is 2.66. The fourth-order valence-corrected chi connectivity index (χ4v) is 1.77. The Morgan fingerprint density at radius 3 is 2.21 bits per heavy atom. The van der Waals surface area contributed by atoms with E-state index < -0.39 is 7.82 Å². The first kappa shape index (κ1) is 14.1. The van der Waals surface area contributed by atoms with Crippen molar-refractivity contribution in [1.82, 2.24) is 0 Å². The molecule has 5 heteroatoms. The molecule has 0 spiro atoms. The molecule has 0 N–H and O–H groups in total. The van der Waals surface area contributed by atoms with Crippen LogP contribution in [-0.4, -0.2) is 20.3 Å². The molecule has 0 aliphatic carbocycles. The van der Waals surface area contributed by atoms with Crippen LogP contribution >= 0.6 is 7.82 Å². The SMILES string of the molecule is COP(=O)(OC[C](C)C)OCC(C)C. The van der Waals surface area contributed by atoms with Crippen LogP contribution in [0.4, 0.5) is 0 Å². The lowest BCUT2D eigenvalue weighted by atomic mass is 10.2. The zero-order valence-corrected chi connectivity index (χ0v) is 10.5. The predicted molar refractivity (Wildman–Crippen MR) is 55.9 cm³/mol. The summed E-state index contributed by atoms with van der Waals surface area (Å²) in [5.41, 5.74) is 0. The summed E-state index contributed by atoms with van der Waals surface area (Å²) in [4.78, 5) is 0. The molecule has 0 aliphatic heterocycles. The Hall–Kier alpha value is 0.110. The van der Waals surface area contributed by atoms with E-state index in [1.54, 1.807) is 0 Å². The molecule has 4 nitrogen and oxygen atoms in total. The zero-order valence-electron chi connectivity index (χ0n) is 9.57. The Bertz CT molecular complexity index is 175. The van der Waals surface area contributed by atoms with Crippen LogP contribution in [0.15, 0.2) is 0 Å². The van der Waals surface area contributed by atoms with E-state index in [1.807, 2.05) is 27.7 Å². The molecule has 1 unspecified atom stereocenters. The lowest BCUT2D eigenvalue weighted by molar-refractivity contribution is 0.124. The van der Waals surface area contributed by atoms with Gasteiger partial charge in [0, 0.05) is 7.11 Å². The standard InChI is InChI=1S/C9H20O4P/c1-8(2)6-12-14(10,11-5)13-7-9(3)4/h8H,6-7H2,1-5H3. The number of hydrogen-bond acceptors (Lipinski definition) is 4. The molecule has 0 saturated heterocycles. The van der Waals surface area contributed by atoms with Crippen molar-refractivity contribution in [3.05, 3.63) is 5.92 Å². The minimum absolute atomic E-state index is 0.295. The normalized spacial score (nSPS) is 12.8. The van der Waals surface area contributed by atoms with Gasteiger partial charge in [0.15, 0.2) is 0 Å². The highest BCUT2D eigenvalue weighted by molar-refractivity contribution is 7.48. The third kappa shape index (κ3) is 6.55. The second kappa shape index (κ2) is 6.57. The first-order chi connectivity index (χ1) is 6.39. The minimum Gasteiger partial charge on any atom is -0.290 e. The molecule has 85 valence electrons. The summed E-state index contributed by atoms with van der Waals surface area (Å²) in [5, 5.41) is 0. The van der Waals surface area contributed by atoms with Crippen LogP contribution in [-0.2, 0) is 18.1 Å². The van der Waals surface area contributed by atoms with Crippen molar-refractivity contribution in [2.75, 3.05) is 20.3 Å². The molecule has 0 heterocycles.